The Bertz CT molecular complexity index is 258. The van der Waals surface area contributed by atoms with Crippen molar-refractivity contribution >= 4 is 0 Å². The Balaban J connectivity index is 0.000000337. The van der Waals surface area contributed by atoms with Crippen molar-refractivity contribution in [1.82, 2.24) is 9.88 Å². The predicted octanol–water partition coefficient (Wildman–Crippen LogP) is 3.26. The molecule has 0 spiro atoms. The van der Waals surface area contributed by atoms with E-state index >= 15 is 0 Å². The minimum absolute atomic E-state index is 0.610. The summed E-state index contributed by atoms with van der Waals surface area (Å²) in [5.74, 6) is 0. The van der Waals surface area contributed by atoms with E-state index in [0.29, 0.717) is 6.04 Å². The van der Waals surface area contributed by atoms with Gasteiger partial charge in [-0.1, -0.05) is 26.3 Å². The van der Waals surface area contributed by atoms with Gasteiger partial charge >= 0.3 is 0 Å². The normalized spacial score (nSPS) is 20.9. The Morgan fingerprint density at radius 1 is 1.47 bits per heavy atom. The minimum atomic E-state index is 0.610. The second kappa shape index (κ2) is 6.57. The van der Waals surface area contributed by atoms with Crippen LogP contribution in [0.4, 0.5) is 0 Å². The maximum Gasteiger partial charge on any atom is 0.0360 e. The van der Waals surface area contributed by atoms with E-state index in [1.807, 2.05) is 18.5 Å². The standard InChI is InChI=1S/C10H14N2.C3H8/c1-12-7-3-5-10(12)9-4-2-6-11-8-9;1-3-2/h2,4,6,8,10H,3,5,7H2,1H3;3H2,1-2H3. The predicted molar refractivity (Wildman–Crippen MR) is 64.8 cm³/mol. The van der Waals surface area contributed by atoms with Gasteiger partial charge in [0.05, 0.1) is 0 Å². The summed E-state index contributed by atoms with van der Waals surface area (Å²) in [7, 11) is 2.19. The molecule has 1 unspecified atom stereocenters. The van der Waals surface area contributed by atoms with Gasteiger partial charge in [0.2, 0.25) is 0 Å². The third-order valence-electron chi connectivity index (χ3n) is 2.59. The van der Waals surface area contributed by atoms with Crippen LogP contribution in [-0.4, -0.2) is 23.5 Å². The van der Waals surface area contributed by atoms with Gasteiger partial charge in [0.1, 0.15) is 0 Å². The largest absolute Gasteiger partial charge is 0.299 e. The van der Waals surface area contributed by atoms with E-state index < -0.39 is 0 Å². The molecule has 0 amide bonds. The van der Waals surface area contributed by atoms with Crippen molar-refractivity contribution < 1.29 is 0 Å². The van der Waals surface area contributed by atoms with Crippen LogP contribution in [0.2, 0.25) is 0 Å². The van der Waals surface area contributed by atoms with E-state index in [1.165, 1.54) is 31.4 Å². The van der Waals surface area contributed by atoms with Gasteiger partial charge in [-0.05, 0) is 38.1 Å². The molecule has 0 aliphatic carbocycles. The zero-order valence-electron chi connectivity index (χ0n) is 10.1. The van der Waals surface area contributed by atoms with Gasteiger partial charge in [0.15, 0.2) is 0 Å². The topological polar surface area (TPSA) is 16.1 Å². The maximum atomic E-state index is 4.14. The molecule has 2 rings (SSSR count). The lowest BCUT2D eigenvalue weighted by Crippen LogP contribution is -2.17. The average Bonchev–Trinajstić information content (AvgIpc) is 2.67. The highest BCUT2D eigenvalue weighted by atomic mass is 15.1. The number of rotatable bonds is 1. The van der Waals surface area contributed by atoms with Gasteiger partial charge in [-0.25, -0.2) is 0 Å². The van der Waals surface area contributed by atoms with Gasteiger partial charge in [-0.2, -0.15) is 0 Å². The summed E-state index contributed by atoms with van der Waals surface area (Å²) in [6.45, 7) is 5.47. The first kappa shape index (κ1) is 12.2. The Morgan fingerprint density at radius 2 is 2.20 bits per heavy atom. The van der Waals surface area contributed by atoms with Gasteiger partial charge in [0, 0.05) is 18.4 Å². The van der Waals surface area contributed by atoms with Crippen LogP contribution in [0.3, 0.4) is 0 Å². The highest BCUT2D eigenvalue weighted by Gasteiger charge is 2.21. The fraction of sp³-hybridized carbons (Fsp3) is 0.615. The molecule has 84 valence electrons. The number of likely N-dealkylation sites (tertiary alicyclic amines) is 1. The molecule has 15 heavy (non-hydrogen) atoms. The third-order valence-corrected chi connectivity index (χ3v) is 2.59. The van der Waals surface area contributed by atoms with Crippen LogP contribution in [0.5, 0.6) is 0 Å². The van der Waals surface area contributed by atoms with E-state index in [4.69, 9.17) is 0 Å². The second-order valence-electron chi connectivity index (χ2n) is 4.13. The summed E-state index contributed by atoms with van der Waals surface area (Å²) in [4.78, 5) is 6.54. The lowest BCUT2D eigenvalue weighted by atomic mass is 10.1. The molecule has 2 heteroatoms. The van der Waals surface area contributed by atoms with Gasteiger partial charge in [-0.15, -0.1) is 0 Å². The molecule has 2 nitrogen and oxygen atoms in total. The van der Waals surface area contributed by atoms with Crippen LogP contribution in [0.15, 0.2) is 24.5 Å². The fourth-order valence-corrected chi connectivity index (χ4v) is 1.90. The highest BCUT2D eigenvalue weighted by Crippen LogP contribution is 2.29. The number of aromatic nitrogens is 1. The first-order valence-electron chi connectivity index (χ1n) is 5.89. The lowest BCUT2D eigenvalue weighted by molar-refractivity contribution is 0.317. The van der Waals surface area contributed by atoms with Crippen molar-refractivity contribution in [1.29, 1.82) is 0 Å². The molecule has 1 atom stereocenters. The number of pyridine rings is 1. The molecular weight excluding hydrogens is 184 g/mol. The Kier molecular flexibility index (Phi) is 5.33. The maximum absolute atomic E-state index is 4.14. The van der Waals surface area contributed by atoms with Gasteiger partial charge in [0.25, 0.3) is 0 Å². The first-order chi connectivity index (χ1) is 7.29. The SMILES string of the molecule is CCC.CN1CCCC1c1cccnc1. The molecule has 2 heterocycles. The summed E-state index contributed by atoms with van der Waals surface area (Å²) in [6, 6.07) is 4.79. The van der Waals surface area contributed by atoms with E-state index in [0.717, 1.165) is 0 Å². The molecule has 1 aromatic rings. The number of nitrogens with zero attached hydrogens (tertiary/aromatic N) is 2. The van der Waals surface area contributed by atoms with Crippen molar-refractivity contribution in [3.63, 3.8) is 0 Å². The average molecular weight is 206 g/mol. The first-order valence-corrected chi connectivity index (χ1v) is 5.89. The molecule has 1 aromatic heterocycles. The van der Waals surface area contributed by atoms with E-state index in [-0.39, 0.29) is 0 Å². The molecule has 1 saturated heterocycles. The van der Waals surface area contributed by atoms with Crippen molar-refractivity contribution in [3.05, 3.63) is 30.1 Å². The molecule has 1 aliphatic heterocycles. The van der Waals surface area contributed by atoms with E-state index in [1.54, 1.807) is 0 Å². The van der Waals surface area contributed by atoms with Crippen LogP contribution in [-0.2, 0) is 0 Å². The van der Waals surface area contributed by atoms with Crippen molar-refractivity contribution in [2.75, 3.05) is 13.6 Å². The highest BCUT2D eigenvalue weighted by molar-refractivity contribution is 5.14. The van der Waals surface area contributed by atoms with Gasteiger partial charge < -0.3 is 0 Å². The Labute approximate surface area is 93.3 Å². The molecule has 0 radical (unpaired) electrons. The zero-order valence-corrected chi connectivity index (χ0v) is 10.1. The zero-order chi connectivity index (χ0) is 11.1. The van der Waals surface area contributed by atoms with Gasteiger partial charge in [-0.3, -0.25) is 9.88 Å². The molecular formula is C13H22N2. The Morgan fingerprint density at radius 3 is 2.67 bits per heavy atom. The monoisotopic (exact) mass is 206 g/mol. The Hall–Kier alpha value is -0.890. The van der Waals surface area contributed by atoms with Crippen LogP contribution >= 0.6 is 0 Å². The molecule has 0 bridgehead atoms. The summed E-state index contributed by atoms with van der Waals surface area (Å²) < 4.78 is 0. The summed E-state index contributed by atoms with van der Waals surface area (Å²) in [5.41, 5.74) is 1.36. The van der Waals surface area contributed by atoms with Crippen LogP contribution in [0.1, 0.15) is 44.7 Å². The summed E-state index contributed by atoms with van der Waals surface area (Å²) >= 11 is 0. The fourth-order valence-electron chi connectivity index (χ4n) is 1.90. The molecule has 0 N–H and O–H groups in total. The molecule has 0 aromatic carbocycles. The summed E-state index contributed by atoms with van der Waals surface area (Å²) in [5, 5.41) is 0. The molecule has 0 saturated carbocycles. The van der Waals surface area contributed by atoms with Crippen molar-refractivity contribution in [2.24, 2.45) is 0 Å². The van der Waals surface area contributed by atoms with Crippen LogP contribution < -0.4 is 0 Å². The quantitative estimate of drug-likeness (QED) is 0.701. The minimum Gasteiger partial charge on any atom is -0.299 e. The lowest BCUT2D eigenvalue weighted by Gasteiger charge is -2.18. The summed E-state index contributed by atoms with van der Waals surface area (Å²) in [6.07, 6.45) is 7.66. The van der Waals surface area contributed by atoms with E-state index in [9.17, 15) is 0 Å². The third kappa shape index (κ3) is 3.63. The van der Waals surface area contributed by atoms with Crippen molar-refractivity contribution in [3.8, 4) is 0 Å². The number of hydrogen-bond acceptors (Lipinski definition) is 2. The molecule has 1 aliphatic rings. The van der Waals surface area contributed by atoms with Crippen molar-refractivity contribution in [2.45, 2.75) is 39.2 Å². The smallest absolute Gasteiger partial charge is 0.0360 e. The molecule has 1 fully saturated rings. The number of hydrogen-bond donors (Lipinski definition) is 0. The van der Waals surface area contributed by atoms with Crippen LogP contribution in [0.25, 0.3) is 0 Å². The van der Waals surface area contributed by atoms with Crippen LogP contribution in [0, 0.1) is 0 Å². The van der Waals surface area contributed by atoms with E-state index in [2.05, 4.69) is 36.8 Å². The second-order valence-corrected chi connectivity index (χ2v) is 4.13.